The standard InChI is InChI=1S/C27H26Si/c1-4-13-23(14-5-1)28(24-15-6-2-7-16-24,25-17-8-3-9-18-25)27-21-20-22-12-10-11-19-26(22)27/h1-19,22,26-27H,20-21H2. The van der Waals surface area contributed by atoms with Gasteiger partial charge in [-0.05, 0) is 39.4 Å². The molecule has 0 spiro atoms. The largest absolute Gasteiger partial charge is 0.151 e. The Hall–Kier alpha value is -2.64. The molecular formula is C27H26Si. The minimum absolute atomic E-state index is 0.636. The van der Waals surface area contributed by atoms with Crippen molar-refractivity contribution in [1.82, 2.24) is 0 Å². The van der Waals surface area contributed by atoms with Crippen molar-refractivity contribution < 1.29 is 0 Å². The molecule has 1 saturated carbocycles. The Labute approximate surface area is 169 Å². The normalized spacial score (nSPS) is 23.5. The van der Waals surface area contributed by atoms with Gasteiger partial charge in [-0.2, -0.15) is 0 Å². The Bertz CT molecular complexity index is 876. The molecule has 138 valence electrons. The topological polar surface area (TPSA) is 0 Å². The Morgan fingerprint density at radius 3 is 1.50 bits per heavy atom. The molecule has 28 heavy (non-hydrogen) atoms. The third kappa shape index (κ3) is 2.73. The van der Waals surface area contributed by atoms with Crippen molar-refractivity contribution in [3.8, 4) is 0 Å². The molecule has 0 saturated heterocycles. The monoisotopic (exact) mass is 378 g/mol. The van der Waals surface area contributed by atoms with Crippen molar-refractivity contribution in [2.24, 2.45) is 11.8 Å². The SMILES string of the molecule is C1=CC2CCC([Si](c3ccccc3)(c3ccccc3)c3ccccc3)C2C=C1. The van der Waals surface area contributed by atoms with E-state index in [2.05, 4.69) is 115 Å². The van der Waals surface area contributed by atoms with Gasteiger partial charge in [0.2, 0.25) is 0 Å². The lowest BCUT2D eigenvalue weighted by Gasteiger charge is -2.42. The van der Waals surface area contributed by atoms with Gasteiger partial charge >= 0.3 is 0 Å². The fourth-order valence-electron chi connectivity index (χ4n) is 5.71. The molecule has 3 unspecified atom stereocenters. The number of allylic oxidation sites excluding steroid dienone is 4. The van der Waals surface area contributed by atoms with Crippen molar-refractivity contribution >= 4 is 23.6 Å². The average molecular weight is 379 g/mol. The predicted molar refractivity (Wildman–Crippen MR) is 122 cm³/mol. The number of hydrogen-bond acceptors (Lipinski definition) is 0. The zero-order chi connectivity index (χ0) is 18.8. The zero-order valence-electron chi connectivity index (χ0n) is 16.1. The molecule has 0 nitrogen and oxygen atoms in total. The summed E-state index contributed by atoms with van der Waals surface area (Å²) in [5.74, 6) is 1.33. The molecule has 1 fully saturated rings. The molecule has 3 aromatic rings. The molecule has 0 aromatic heterocycles. The van der Waals surface area contributed by atoms with E-state index >= 15 is 0 Å². The minimum atomic E-state index is -2.18. The van der Waals surface area contributed by atoms with E-state index in [4.69, 9.17) is 0 Å². The summed E-state index contributed by atoms with van der Waals surface area (Å²) in [6.07, 6.45) is 12.1. The van der Waals surface area contributed by atoms with E-state index in [9.17, 15) is 0 Å². The number of fused-ring (bicyclic) bond motifs is 1. The number of benzene rings is 3. The molecule has 5 rings (SSSR count). The van der Waals surface area contributed by atoms with E-state index in [-0.39, 0.29) is 0 Å². The van der Waals surface area contributed by atoms with Crippen LogP contribution in [0.5, 0.6) is 0 Å². The summed E-state index contributed by atoms with van der Waals surface area (Å²) in [6, 6.07) is 34.2. The van der Waals surface area contributed by atoms with Gasteiger partial charge in [0, 0.05) is 0 Å². The van der Waals surface area contributed by atoms with Gasteiger partial charge in [-0.3, -0.25) is 0 Å². The summed E-state index contributed by atoms with van der Waals surface area (Å²) in [4.78, 5) is 0. The van der Waals surface area contributed by atoms with E-state index in [1.165, 1.54) is 12.8 Å². The summed E-state index contributed by atoms with van der Waals surface area (Å²) in [5.41, 5.74) is 0.672. The first-order chi connectivity index (χ1) is 13.9. The van der Waals surface area contributed by atoms with Crippen LogP contribution in [0.2, 0.25) is 5.54 Å². The van der Waals surface area contributed by atoms with Gasteiger partial charge in [0.15, 0.2) is 8.07 Å². The number of rotatable bonds is 4. The molecule has 0 N–H and O–H groups in total. The maximum absolute atomic E-state index is 2.50. The fourth-order valence-corrected chi connectivity index (χ4v) is 11.7. The highest BCUT2D eigenvalue weighted by Gasteiger charge is 2.52. The van der Waals surface area contributed by atoms with E-state index in [0.29, 0.717) is 17.4 Å². The van der Waals surface area contributed by atoms with E-state index < -0.39 is 8.07 Å². The van der Waals surface area contributed by atoms with Crippen molar-refractivity contribution in [3.63, 3.8) is 0 Å². The lowest BCUT2D eigenvalue weighted by molar-refractivity contribution is 0.548. The quantitative estimate of drug-likeness (QED) is 0.457. The van der Waals surface area contributed by atoms with E-state index in [0.717, 1.165) is 0 Å². The van der Waals surface area contributed by atoms with Crippen LogP contribution in [-0.2, 0) is 0 Å². The van der Waals surface area contributed by atoms with Gasteiger partial charge in [-0.1, -0.05) is 122 Å². The first kappa shape index (κ1) is 17.5. The van der Waals surface area contributed by atoms with Gasteiger partial charge in [0.05, 0.1) is 0 Å². The van der Waals surface area contributed by atoms with Crippen LogP contribution in [0.15, 0.2) is 115 Å². The lowest BCUT2D eigenvalue weighted by Crippen LogP contribution is -2.70. The van der Waals surface area contributed by atoms with Gasteiger partial charge in [-0.25, -0.2) is 0 Å². The average Bonchev–Trinajstić information content (AvgIpc) is 3.21. The Kier molecular flexibility index (Phi) is 4.62. The highest BCUT2D eigenvalue weighted by Crippen LogP contribution is 2.49. The third-order valence-electron chi connectivity index (χ3n) is 6.82. The number of hydrogen-bond donors (Lipinski definition) is 0. The maximum Gasteiger partial charge on any atom is 0.151 e. The van der Waals surface area contributed by atoms with Crippen LogP contribution < -0.4 is 15.6 Å². The van der Waals surface area contributed by atoms with Gasteiger partial charge < -0.3 is 0 Å². The molecule has 0 radical (unpaired) electrons. The molecule has 0 bridgehead atoms. The van der Waals surface area contributed by atoms with Gasteiger partial charge in [-0.15, -0.1) is 0 Å². The molecule has 3 aromatic carbocycles. The maximum atomic E-state index is 2.50. The molecule has 0 amide bonds. The second-order valence-corrected chi connectivity index (χ2v) is 12.2. The highest BCUT2D eigenvalue weighted by molar-refractivity contribution is 7.12. The van der Waals surface area contributed by atoms with Crippen LogP contribution in [0.25, 0.3) is 0 Å². The Morgan fingerprint density at radius 2 is 1.00 bits per heavy atom. The first-order valence-corrected chi connectivity index (χ1v) is 12.5. The lowest BCUT2D eigenvalue weighted by atomic mass is 9.92. The molecule has 2 aliphatic rings. The van der Waals surface area contributed by atoms with Crippen molar-refractivity contribution in [2.75, 3.05) is 0 Å². The smallest absolute Gasteiger partial charge is 0.0808 e. The zero-order valence-corrected chi connectivity index (χ0v) is 17.1. The van der Waals surface area contributed by atoms with Crippen LogP contribution in [0.1, 0.15) is 12.8 Å². The van der Waals surface area contributed by atoms with Crippen LogP contribution in [-0.4, -0.2) is 8.07 Å². The van der Waals surface area contributed by atoms with Crippen LogP contribution in [0.3, 0.4) is 0 Å². The summed E-state index contributed by atoms with van der Waals surface area (Å²) >= 11 is 0. The minimum Gasteiger partial charge on any atom is -0.0808 e. The van der Waals surface area contributed by atoms with E-state index in [1.807, 2.05) is 0 Å². The molecule has 0 heterocycles. The fraction of sp³-hybridized carbons (Fsp3) is 0.185. The molecule has 1 heteroatoms. The predicted octanol–water partition coefficient (Wildman–Crippen LogP) is 4.68. The van der Waals surface area contributed by atoms with Crippen LogP contribution >= 0.6 is 0 Å². The second kappa shape index (κ2) is 7.41. The van der Waals surface area contributed by atoms with Crippen molar-refractivity contribution in [2.45, 2.75) is 18.4 Å². The summed E-state index contributed by atoms with van der Waals surface area (Å²) in [5, 5.41) is 4.63. The summed E-state index contributed by atoms with van der Waals surface area (Å²) in [7, 11) is -2.18. The molecule has 0 aliphatic heterocycles. The summed E-state index contributed by atoms with van der Waals surface area (Å²) < 4.78 is 0. The van der Waals surface area contributed by atoms with Crippen molar-refractivity contribution in [1.29, 1.82) is 0 Å². The Morgan fingerprint density at radius 1 is 0.536 bits per heavy atom. The molecule has 3 atom stereocenters. The molecular weight excluding hydrogens is 352 g/mol. The van der Waals surface area contributed by atoms with Crippen molar-refractivity contribution in [3.05, 3.63) is 115 Å². The van der Waals surface area contributed by atoms with Crippen LogP contribution in [0.4, 0.5) is 0 Å². The second-order valence-electron chi connectivity index (χ2n) is 8.10. The molecule has 2 aliphatic carbocycles. The van der Waals surface area contributed by atoms with Gasteiger partial charge in [0.25, 0.3) is 0 Å². The first-order valence-electron chi connectivity index (χ1n) is 10.4. The third-order valence-corrected chi connectivity index (χ3v) is 12.3. The van der Waals surface area contributed by atoms with E-state index in [1.54, 1.807) is 15.6 Å². The van der Waals surface area contributed by atoms with Gasteiger partial charge in [0.1, 0.15) is 0 Å². The summed E-state index contributed by atoms with van der Waals surface area (Å²) in [6.45, 7) is 0. The Balaban J connectivity index is 1.81. The highest BCUT2D eigenvalue weighted by atomic mass is 28.3. The van der Waals surface area contributed by atoms with Crippen LogP contribution in [0, 0.1) is 11.8 Å².